The molecule has 15 heavy (non-hydrogen) atoms. The van der Waals surface area contributed by atoms with Gasteiger partial charge in [0.25, 0.3) is 0 Å². The number of nitrogens with two attached hydrogens (primary N) is 1. The molecule has 0 aliphatic carbocycles. The van der Waals surface area contributed by atoms with Gasteiger partial charge in [-0.05, 0) is 13.0 Å². The molecule has 0 aliphatic heterocycles. The molecular weight excluding hydrogens is 210 g/mol. The maximum absolute atomic E-state index is 6.09. The summed E-state index contributed by atoms with van der Waals surface area (Å²) < 4.78 is 1.58. The van der Waals surface area contributed by atoms with Crippen LogP contribution >= 0.6 is 11.6 Å². The summed E-state index contributed by atoms with van der Waals surface area (Å²) in [7, 11) is 1.78. The van der Waals surface area contributed by atoms with Crippen molar-refractivity contribution in [3.05, 3.63) is 34.9 Å². The van der Waals surface area contributed by atoms with Crippen molar-refractivity contribution in [3.8, 4) is 11.3 Å². The van der Waals surface area contributed by atoms with Crippen LogP contribution in [0.1, 0.15) is 5.56 Å². The zero-order chi connectivity index (χ0) is 11.0. The lowest BCUT2D eigenvalue weighted by Crippen LogP contribution is -1.96. The van der Waals surface area contributed by atoms with E-state index in [-0.39, 0.29) is 0 Å². The fraction of sp³-hybridized carbons (Fsp3) is 0.182. The van der Waals surface area contributed by atoms with E-state index in [1.54, 1.807) is 11.7 Å². The smallest absolute Gasteiger partial charge is 0.140 e. The molecule has 78 valence electrons. The molecule has 3 nitrogen and oxygen atoms in total. The van der Waals surface area contributed by atoms with E-state index in [4.69, 9.17) is 17.3 Å². The van der Waals surface area contributed by atoms with Crippen molar-refractivity contribution in [1.82, 2.24) is 9.78 Å². The fourth-order valence-electron chi connectivity index (χ4n) is 1.49. The van der Waals surface area contributed by atoms with Crippen molar-refractivity contribution in [3.63, 3.8) is 0 Å². The second-order valence-electron chi connectivity index (χ2n) is 3.54. The van der Waals surface area contributed by atoms with Crippen LogP contribution in [0, 0.1) is 6.92 Å². The van der Waals surface area contributed by atoms with Gasteiger partial charge in [0.2, 0.25) is 0 Å². The average Bonchev–Trinajstić information content (AvgIpc) is 2.46. The van der Waals surface area contributed by atoms with Gasteiger partial charge in [-0.15, -0.1) is 0 Å². The van der Waals surface area contributed by atoms with Crippen LogP contribution in [0.25, 0.3) is 11.3 Å². The minimum atomic E-state index is 0.494. The Labute approximate surface area is 93.5 Å². The Morgan fingerprint density at radius 3 is 2.67 bits per heavy atom. The van der Waals surface area contributed by atoms with Crippen LogP contribution in [-0.4, -0.2) is 9.78 Å². The average molecular weight is 222 g/mol. The third kappa shape index (κ3) is 1.70. The molecule has 2 rings (SSSR count). The molecule has 0 bridgehead atoms. The molecule has 2 N–H and O–H groups in total. The van der Waals surface area contributed by atoms with Gasteiger partial charge in [0.1, 0.15) is 16.5 Å². The predicted molar refractivity (Wildman–Crippen MR) is 62.8 cm³/mol. The Morgan fingerprint density at radius 2 is 2.13 bits per heavy atom. The predicted octanol–water partition coefficient (Wildman–Crippen LogP) is 2.63. The molecule has 4 heteroatoms. The van der Waals surface area contributed by atoms with Crippen LogP contribution in [-0.2, 0) is 7.05 Å². The minimum Gasteiger partial charge on any atom is -0.383 e. The Balaban J connectivity index is 2.59. The van der Waals surface area contributed by atoms with Gasteiger partial charge in [-0.1, -0.05) is 35.4 Å². The summed E-state index contributed by atoms with van der Waals surface area (Å²) in [5, 5.41) is 4.80. The lowest BCUT2D eigenvalue weighted by molar-refractivity contribution is 0.782. The molecular formula is C11H12ClN3. The standard InChI is InChI=1S/C11H12ClN3/c1-7-4-3-5-8(6-7)10-9(12)11(13)15(2)14-10/h3-6H,13H2,1-2H3. The molecule has 2 aromatic rings. The third-order valence-electron chi connectivity index (χ3n) is 2.32. The third-order valence-corrected chi connectivity index (χ3v) is 2.70. The van der Waals surface area contributed by atoms with E-state index in [0.29, 0.717) is 10.8 Å². The van der Waals surface area contributed by atoms with Gasteiger partial charge in [0.05, 0.1) is 0 Å². The number of anilines is 1. The lowest BCUT2D eigenvalue weighted by atomic mass is 10.1. The molecule has 1 aromatic heterocycles. The summed E-state index contributed by atoms with van der Waals surface area (Å²) in [5.74, 6) is 0.494. The van der Waals surface area contributed by atoms with Crippen molar-refractivity contribution in [2.75, 3.05) is 5.73 Å². The Hall–Kier alpha value is -1.48. The SMILES string of the molecule is Cc1cccc(-c2nn(C)c(N)c2Cl)c1. The Morgan fingerprint density at radius 1 is 1.40 bits per heavy atom. The summed E-state index contributed by atoms with van der Waals surface area (Å²) in [5.41, 5.74) is 8.65. The molecule has 0 atom stereocenters. The van der Waals surface area contributed by atoms with E-state index < -0.39 is 0 Å². The highest BCUT2D eigenvalue weighted by atomic mass is 35.5. The Bertz CT molecular complexity index is 503. The number of halogens is 1. The first kappa shape index (κ1) is 10.1. The second kappa shape index (κ2) is 3.59. The van der Waals surface area contributed by atoms with E-state index in [1.807, 2.05) is 31.2 Å². The maximum Gasteiger partial charge on any atom is 0.140 e. The van der Waals surface area contributed by atoms with Crippen molar-refractivity contribution in [2.45, 2.75) is 6.92 Å². The first-order chi connectivity index (χ1) is 7.09. The van der Waals surface area contributed by atoms with E-state index in [9.17, 15) is 0 Å². The summed E-state index contributed by atoms with van der Waals surface area (Å²) in [6.07, 6.45) is 0. The summed E-state index contributed by atoms with van der Waals surface area (Å²) >= 11 is 6.09. The molecule has 1 heterocycles. The maximum atomic E-state index is 6.09. The van der Waals surface area contributed by atoms with E-state index in [2.05, 4.69) is 5.10 Å². The van der Waals surface area contributed by atoms with Gasteiger partial charge in [0, 0.05) is 12.6 Å². The van der Waals surface area contributed by atoms with Gasteiger partial charge < -0.3 is 5.73 Å². The number of aryl methyl sites for hydroxylation is 2. The first-order valence-electron chi connectivity index (χ1n) is 4.64. The van der Waals surface area contributed by atoms with Gasteiger partial charge >= 0.3 is 0 Å². The van der Waals surface area contributed by atoms with Crippen LogP contribution in [0.3, 0.4) is 0 Å². The monoisotopic (exact) mass is 221 g/mol. The van der Waals surface area contributed by atoms with E-state index in [1.165, 1.54) is 5.56 Å². The fourth-order valence-corrected chi connectivity index (χ4v) is 1.76. The summed E-state index contributed by atoms with van der Waals surface area (Å²) in [6, 6.07) is 8.02. The van der Waals surface area contributed by atoms with Gasteiger partial charge in [-0.2, -0.15) is 5.10 Å². The van der Waals surface area contributed by atoms with E-state index >= 15 is 0 Å². The molecule has 0 saturated carbocycles. The van der Waals surface area contributed by atoms with Crippen molar-refractivity contribution in [1.29, 1.82) is 0 Å². The van der Waals surface area contributed by atoms with Crippen LogP contribution in [0.5, 0.6) is 0 Å². The lowest BCUT2D eigenvalue weighted by Gasteiger charge is -1.98. The van der Waals surface area contributed by atoms with Crippen molar-refractivity contribution >= 4 is 17.4 Å². The van der Waals surface area contributed by atoms with Crippen LogP contribution < -0.4 is 5.73 Å². The summed E-state index contributed by atoms with van der Waals surface area (Å²) in [4.78, 5) is 0. The van der Waals surface area contributed by atoms with Crippen LogP contribution in [0.15, 0.2) is 24.3 Å². The zero-order valence-electron chi connectivity index (χ0n) is 8.66. The van der Waals surface area contributed by atoms with Gasteiger partial charge in [-0.3, -0.25) is 4.68 Å². The normalized spacial score (nSPS) is 10.6. The van der Waals surface area contributed by atoms with Crippen molar-refractivity contribution in [2.24, 2.45) is 7.05 Å². The van der Waals surface area contributed by atoms with Crippen LogP contribution in [0.2, 0.25) is 5.02 Å². The number of hydrogen-bond donors (Lipinski definition) is 1. The largest absolute Gasteiger partial charge is 0.383 e. The number of rotatable bonds is 1. The summed E-state index contributed by atoms with van der Waals surface area (Å²) in [6.45, 7) is 2.03. The molecule has 0 unspecified atom stereocenters. The quantitative estimate of drug-likeness (QED) is 0.805. The second-order valence-corrected chi connectivity index (χ2v) is 3.92. The molecule has 0 spiro atoms. The number of nitrogen functional groups attached to an aromatic ring is 1. The molecule has 0 radical (unpaired) electrons. The molecule has 0 aliphatic rings. The topological polar surface area (TPSA) is 43.8 Å². The Kier molecular flexibility index (Phi) is 2.40. The van der Waals surface area contributed by atoms with Crippen LogP contribution in [0.4, 0.5) is 5.82 Å². The number of aromatic nitrogens is 2. The first-order valence-corrected chi connectivity index (χ1v) is 5.02. The number of nitrogens with zero attached hydrogens (tertiary/aromatic N) is 2. The van der Waals surface area contributed by atoms with Gasteiger partial charge in [0.15, 0.2) is 0 Å². The van der Waals surface area contributed by atoms with E-state index in [0.717, 1.165) is 11.3 Å². The highest BCUT2D eigenvalue weighted by Gasteiger charge is 2.12. The number of hydrogen-bond acceptors (Lipinski definition) is 2. The molecule has 0 amide bonds. The van der Waals surface area contributed by atoms with Gasteiger partial charge in [-0.25, -0.2) is 0 Å². The molecule has 0 saturated heterocycles. The molecule has 1 aromatic carbocycles. The zero-order valence-corrected chi connectivity index (χ0v) is 9.42. The van der Waals surface area contributed by atoms with Crippen molar-refractivity contribution < 1.29 is 0 Å². The minimum absolute atomic E-state index is 0.494. The molecule has 0 fully saturated rings. The number of benzene rings is 1. The highest BCUT2D eigenvalue weighted by molar-refractivity contribution is 6.35. The highest BCUT2D eigenvalue weighted by Crippen LogP contribution is 2.31.